The molecule has 0 fully saturated rings. The maximum absolute atomic E-state index is 12.0. The molecule has 0 aliphatic heterocycles. The third-order valence-electron chi connectivity index (χ3n) is 2.95. The second-order valence-electron chi connectivity index (χ2n) is 5.17. The number of carbonyl (C=O) groups excluding carboxylic acids is 3. The molecule has 0 aliphatic carbocycles. The average Bonchev–Trinajstić information content (AvgIpc) is 2.49. The Bertz CT molecular complexity index is 612. The van der Waals surface area contributed by atoms with Gasteiger partial charge in [0.1, 0.15) is 6.04 Å². The smallest absolute Gasteiger partial charge is 0.269 e. The molecule has 0 unspecified atom stereocenters. The van der Waals surface area contributed by atoms with Crippen molar-refractivity contribution in [2.24, 2.45) is 5.92 Å². The van der Waals surface area contributed by atoms with Gasteiger partial charge in [-0.05, 0) is 18.1 Å². The van der Waals surface area contributed by atoms with Gasteiger partial charge in [0.25, 0.3) is 17.5 Å². The monoisotopic (exact) mass is 322 g/mol. The van der Waals surface area contributed by atoms with Crippen LogP contribution in [0.25, 0.3) is 0 Å². The van der Waals surface area contributed by atoms with E-state index in [4.69, 9.17) is 0 Å². The van der Waals surface area contributed by atoms with Crippen molar-refractivity contribution in [3.63, 3.8) is 0 Å². The summed E-state index contributed by atoms with van der Waals surface area (Å²) in [5, 5.41) is 13.0. The van der Waals surface area contributed by atoms with E-state index in [0.29, 0.717) is 0 Å². The SMILES string of the molecule is CC(=O)N[C@@H](C(=O)NNC(=O)c1ccc([N+](=O)[O-])cc1)C(C)C. The van der Waals surface area contributed by atoms with Crippen LogP contribution in [0.2, 0.25) is 0 Å². The van der Waals surface area contributed by atoms with Gasteiger partial charge in [0.15, 0.2) is 0 Å². The number of hydrogen-bond acceptors (Lipinski definition) is 5. The lowest BCUT2D eigenvalue weighted by Crippen LogP contribution is -2.54. The fourth-order valence-electron chi connectivity index (χ4n) is 1.76. The van der Waals surface area contributed by atoms with Gasteiger partial charge in [-0.15, -0.1) is 0 Å². The van der Waals surface area contributed by atoms with Crippen molar-refractivity contribution in [3.8, 4) is 0 Å². The molecule has 9 nitrogen and oxygen atoms in total. The summed E-state index contributed by atoms with van der Waals surface area (Å²) in [7, 11) is 0. The van der Waals surface area contributed by atoms with Crippen LogP contribution in [-0.4, -0.2) is 28.7 Å². The van der Waals surface area contributed by atoms with Crippen LogP contribution in [0.5, 0.6) is 0 Å². The van der Waals surface area contributed by atoms with Gasteiger partial charge < -0.3 is 5.32 Å². The van der Waals surface area contributed by atoms with Gasteiger partial charge in [-0.3, -0.25) is 35.3 Å². The molecule has 1 aromatic rings. The highest BCUT2D eigenvalue weighted by atomic mass is 16.6. The van der Waals surface area contributed by atoms with Crippen molar-refractivity contribution in [1.29, 1.82) is 0 Å². The normalized spacial score (nSPS) is 11.5. The summed E-state index contributed by atoms with van der Waals surface area (Å²) in [6, 6.07) is 4.13. The van der Waals surface area contributed by atoms with Gasteiger partial charge in [0.2, 0.25) is 5.91 Å². The summed E-state index contributed by atoms with van der Waals surface area (Å²) in [4.78, 5) is 44.9. The van der Waals surface area contributed by atoms with Crippen LogP contribution in [0.4, 0.5) is 5.69 Å². The number of amides is 3. The van der Waals surface area contributed by atoms with Crippen LogP contribution in [0.1, 0.15) is 31.1 Å². The Morgan fingerprint density at radius 3 is 2.09 bits per heavy atom. The highest BCUT2D eigenvalue weighted by Crippen LogP contribution is 2.11. The molecule has 3 N–H and O–H groups in total. The first-order valence-electron chi connectivity index (χ1n) is 6.84. The van der Waals surface area contributed by atoms with E-state index >= 15 is 0 Å². The molecular weight excluding hydrogens is 304 g/mol. The minimum Gasteiger partial charge on any atom is -0.344 e. The summed E-state index contributed by atoms with van der Waals surface area (Å²) >= 11 is 0. The maximum atomic E-state index is 12.0. The molecule has 0 spiro atoms. The first-order valence-corrected chi connectivity index (χ1v) is 6.84. The number of hydrazine groups is 1. The highest BCUT2D eigenvalue weighted by Gasteiger charge is 2.23. The Hall–Kier alpha value is -2.97. The Labute approximate surface area is 132 Å². The van der Waals surface area contributed by atoms with Gasteiger partial charge in [0, 0.05) is 24.6 Å². The lowest BCUT2D eigenvalue weighted by molar-refractivity contribution is -0.384. The number of rotatable bonds is 5. The highest BCUT2D eigenvalue weighted by molar-refractivity contribution is 5.96. The van der Waals surface area contributed by atoms with Crippen molar-refractivity contribution in [1.82, 2.24) is 16.2 Å². The zero-order valence-corrected chi connectivity index (χ0v) is 13.0. The minimum absolute atomic E-state index is 0.142. The van der Waals surface area contributed by atoms with Crippen molar-refractivity contribution >= 4 is 23.4 Å². The molecule has 0 aromatic heterocycles. The molecule has 0 bridgehead atoms. The van der Waals surface area contributed by atoms with Crippen LogP contribution in [-0.2, 0) is 9.59 Å². The zero-order valence-electron chi connectivity index (χ0n) is 13.0. The van der Waals surface area contributed by atoms with Gasteiger partial charge in [0.05, 0.1) is 4.92 Å². The molecule has 1 aromatic carbocycles. The van der Waals surface area contributed by atoms with E-state index in [1.807, 2.05) is 0 Å². The van der Waals surface area contributed by atoms with Gasteiger partial charge in [-0.25, -0.2) is 0 Å². The molecule has 0 heterocycles. The predicted octanol–water partition coefficient (Wildman–Crippen LogP) is 0.516. The van der Waals surface area contributed by atoms with E-state index < -0.39 is 22.8 Å². The first kappa shape index (κ1) is 18.1. The second-order valence-corrected chi connectivity index (χ2v) is 5.17. The zero-order chi connectivity index (χ0) is 17.6. The average molecular weight is 322 g/mol. The standard InChI is InChI=1S/C14H18N4O5/c1-8(2)12(15-9(3)19)14(21)17-16-13(20)10-4-6-11(7-5-10)18(22)23/h4-8,12H,1-3H3,(H,15,19)(H,16,20)(H,17,21)/t12-/m1/s1. The number of carbonyl (C=O) groups is 3. The molecule has 0 radical (unpaired) electrons. The van der Waals surface area contributed by atoms with E-state index in [1.165, 1.54) is 31.2 Å². The van der Waals surface area contributed by atoms with Crippen LogP contribution >= 0.6 is 0 Å². The molecular formula is C14H18N4O5. The van der Waals surface area contributed by atoms with E-state index in [9.17, 15) is 24.5 Å². The van der Waals surface area contributed by atoms with E-state index in [0.717, 1.165) is 0 Å². The summed E-state index contributed by atoms with van der Waals surface area (Å²) in [5.41, 5.74) is 4.42. The molecule has 0 saturated carbocycles. The van der Waals surface area contributed by atoms with Gasteiger partial charge >= 0.3 is 0 Å². The quantitative estimate of drug-likeness (QED) is 0.537. The van der Waals surface area contributed by atoms with Crippen molar-refractivity contribution in [2.45, 2.75) is 26.8 Å². The summed E-state index contributed by atoms with van der Waals surface area (Å²) in [5.74, 6) is -1.72. The number of nitrogens with one attached hydrogen (secondary N) is 3. The first-order chi connectivity index (χ1) is 10.7. The molecule has 0 saturated heterocycles. The molecule has 0 aliphatic rings. The van der Waals surface area contributed by atoms with Crippen LogP contribution < -0.4 is 16.2 Å². The number of hydrogen-bond donors (Lipinski definition) is 3. The molecule has 1 rings (SSSR count). The summed E-state index contributed by atoms with van der Waals surface area (Å²) in [6.07, 6.45) is 0. The van der Waals surface area contributed by atoms with E-state index in [2.05, 4.69) is 16.2 Å². The van der Waals surface area contributed by atoms with Gasteiger partial charge in [-0.1, -0.05) is 13.8 Å². The number of benzene rings is 1. The Balaban J connectivity index is 2.65. The van der Waals surface area contributed by atoms with E-state index in [1.54, 1.807) is 13.8 Å². The largest absolute Gasteiger partial charge is 0.344 e. The predicted molar refractivity (Wildman–Crippen MR) is 81.1 cm³/mol. The molecule has 3 amide bonds. The fraction of sp³-hybridized carbons (Fsp3) is 0.357. The summed E-state index contributed by atoms with van der Waals surface area (Å²) in [6.45, 7) is 4.79. The Morgan fingerprint density at radius 2 is 1.65 bits per heavy atom. The minimum atomic E-state index is -0.787. The van der Waals surface area contributed by atoms with Crippen molar-refractivity contribution in [3.05, 3.63) is 39.9 Å². The molecule has 23 heavy (non-hydrogen) atoms. The molecule has 9 heteroatoms. The Kier molecular flexibility index (Phi) is 6.19. The third-order valence-corrected chi connectivity index (χ3v) is 2.95. The fourth-order valence-corrected chi connectivity index (χ4v) is 1.76. The number of nitro benzene ring substituents is 1. The maximum Gasteiger partial charge on any atom is 0.269 e. The summed E-state index contributed by atoms with van der Waals surface area (Å²) < 4.78 is 0. The Morgan fingerprint density at radius 1 is 1.09 bits per heavy atom. The third kappa shape index (κ3) is 5.38. The number of nitrogens with zero attached hydrogens (tertiary/aromatic N) is 1. The second kappa shape index (κ2) is 7.87. The van der Waals surface area contributed by atoms with Crippen LogP contribution in [0, 0.1) is 16.0 Å². The van der Waals surface area contributed by atoms with Crippen LogP contribution in [0.3, 0.4) is 0 Å². The van der Waals surface area contributed by atoms with Crippen molar-refractivity contribution < 1.29 is 19.3 Å². The lowest BCUT2D eigenvalue weighted by atomic mass is 10.0. The number of non-ortho nitro benzene ring substituents is 1. The molecule has 1 atom stereocenters. The number of nitro groups is 1. The topological polar surface area (TPSA) is 130 Å². The van der Waals surface area contributed by atoms with Gasteiger partial charge in [-0.2, -0.15) is 0 Å². The van der Waals surface area contributed by atoms with E-state index in [-0.39, 0.29) is 23.1 Å². The lowest BCUT2D eigenvalue weighted by Gasteiger charge is -2.20. The van der Waals surface area contributed by atoms with Crippen molar-refractivity contribution in [2.75, 3.05) is 0 Å². The van der Waals surface area contributed by atoms with Crippen LogP contribution in [0.15, 0.2) is 24.3 Å². The molecule has 124 valence electrons.